The summed E-state index contributed by atoms with van der Waals surface area (Å²) in [6.07, 6.45) is 0. The summed E-state index contributed by atoms with van der Waals surface area (Å²) < 4.78 is 2.45. The van der Waals surface area contributed by atoms with Gasteiger partial charge in [-0.1, -0.05) is 0 Å². The van der Waals surface area contributed by atoms with Gasteiger partial charge in [0.25, 0.3) is 0 Å². The van der Waals surface area contributed by atoms with Gasteiger partial charge < -0.3 is 0 Å². The van der Waals surface area contributed by atoms with Crippen molar-refractivity contribution in [3.8, 4) is 0 Å². The fourth-order valence-corrected chi connectivity index (χ4v) is 78.7. The Bertz CT molecular complexity index is 152. The first kappa shape index (κ1) is 14.9. The second-order valence-electron chi connectivity index (χ2n) is 6.20. The molecule has 5 heteroatoms. The van der Waals surface area contributed by atoms with Crippen molar-refractivity contribution in [3.63, 3.8) is 0 Å². The Kier molecular flexibility index (Phi) is 5.52. The van der Waals surface area contributed by atoms with E-state index in [1.807, 2.05) is 0 Å². The molecule has 0 bridgehead atoms. The van der Waals surface area contributed by atoms with Gasteiger partial charge in [0, 0.05) is 0 Å². The van der Waals surface area contributed by atoms with Crippen LogP contribution in [0.4, 0.5) is 0 Å². The average Bonchev–Trinajstić information content (AvgIpc) is 1.43. The first-order valence-electron chi connectivity index (χ1n) is 4.68. The van der Waals surface area contributed by atoms with Crippen molar-refractivity contribution >= 4 is 51.1 Å². The summed E-state index contributed by atoms with van der Waals surface area (Å²) in [6.45, 7) is 14.2. The molecule has 0 saturated heterocycles. The zero-order valence-electron chi connectivity index (χ0n) is 9.62. The predicted octanol–water partition coefficient (Wildman–Crippen LogP) is 4.66. The van der Waals surface area contributed by atoms with E-state index in [2.05, 4.69) is 39.3 Å². The van der Waals surface area contributed by atoms with E-state index in [0.29, 0.717) is 0 Å². The summed E-state index contributed by atoms with van der Waals surface area (Å²) in [4.78, 5) is 0. The van der Waals surface area contributed by atoms with Crippen LogP contribution >= 0.6 is 17.0 Å². The molecule has 0 fully saturated rings. The van der Waals surface area contributed by atoms with E-state index in [-0.39, 0.29) is 0 Å². The number of rotatable bonds is 4. The second-order valence-corrected chi connectivity index (χ2v) is 43.3. The monoisotopic (exact) mass is 453 g/mol. The molecule has 0 aromatic carbocycles. The Balaban J connectivity index is 4.25. The van der Waals surface area contributed by atoms with Crippen LogP contribution in [0, 0.1) is 0 Å². The summed E-state index contributed by atoms with van der Waals surface area (Å²) in [5.74, 6) is 0. The second kappa shape index (κ2) is 4.82. The Labute approximate surface area is 96.9 Å². The third kappa shape index (κ3) is 10.2. The molecule has 0 heterocycles. The normalized spacial score (nSPS) is 16.0. The minimum atomic E-state index is -2.70. The first-order chi connectivity index (χ1) is 5.41. The van der Waals surface area contributed by atoms with E-state index in [1.165, 1.54) is 7.50 Å². The molecular weight excluding hydrogens is 432 g/mol. The third-order valence-corrected chi connectivity index (χ3v) is 49.7. The summed E-state index contributed by atoms with van der Waals surface area (Å²) >= 11 is -2.70. The van der Waals surface area contributed by atoms with Crippen LogP contribution in [-0.2, 0) is 0 Å². The maximum atomic E-state index is 6.56. The molecule has 82 valence electrons. The van der Waals surface area contributed by atoms with Gasteiger partial charge in [0.05, 0.1) is 0 Å². The van der Waals surface area contributed by atoms with Crippen molar-refractivity contribution in [3.05, 3.63) is 0 Å². The molecule has 0 N–H and O–H groups in total. The zero-order valence-corrected chi connectivity index (χ0v) is 16.6. The van der Waals surface area contributed by atoms with Gasteiger partial charge in [0.1, 0.15) is 0 Å². The van der Waals surface area contributed by atoms with E-state index >= 15 is 0 Å². The zero-order chi connectivity index (χ0) is 10.9. The topological polar surface area (TPSA) is 0 Å². The molecule has 0 nitrogen and oxygen atoms in total. The molecule has 0 spiro atoms. The Hall–Kier alpha value is 1.90. The van der Waals surface area contributed by atoms with Crippen LogP contribution in [0.5, 0.6) is 0 Å². The third-order valence-electron chi connectivity index (χ3n) is 1.41. The molecule has 0 radical (unpaired) electrons. The van der Waals surface area contributed by atoms with Gasteiger partial charge in [-0.05, 0) is 0 Å². The van der Waals surface area contributed by atoms with Crippen LogP contribution < -0.4 is 0 Å². The SMILES string of the molecule is C[Si](C)(C)[CH2][Bi-]([Cl])([Cl])[CH2][Si](C)(C)C. The molecule has 0 aliphatic rings. The average molecular weight is 454 g/mol. The standard InChI is InChI=1S/2C4H11Si.Bi.2ClH/c2*1-5(2,3)4;;;/h2*1H2,2-4H3;;2*1H/q;;+1;;/p-2. The van der Waals surface area contributed by atoms with Crippen molar-refractivity contribution in [1.82, 2.24) is 0 Å². The molecule has 0 aliphatic heterocycles. The van der Waals surface area contributed by atoms with Gasteiger partial charge in [-0.25, -0.2) is 0 Å². The predicted molar refractivity (Wildman–Crippen MR) is 73.8 cm³/mol. The molecule has 0 amide bonds. The van der Waals surface area contributed by atoms with Gasteiger partial charge in [0.2, 0.25) is 0 Å². The molecule has 0 atom stereocenters. The van der Waals surface area contributed by atoms with E-state index in [1.54, 1.807) is 0 Å². The Morgan fingerprint density at radius 1 is 0.769 bits per heavy atom. The fourth-order valence-electron chi connectivity index (χ4n) is 1.44. The number of halogens is 2. The summed E-state index contributed by atoms with van der Waals surface area (Å²) in [5.41, 5.74) is 0. The Morgan fingerprint density at radius 2 is 1.00 bits per heavy atom. The van der Waals surface area contributed by atoms with Crippen LogP contribution in [0.3, 0.4) is 0 Å². The summed E-state index contributed by atoms with van der Waals surface area (Å²) in [7, 11) is 11.0. The maximum absolute atomic E-state index is 6.56. The molecule has 0 aliphatic carbocycles. The molecule has 0 aromatic heterocycles. The van der Waals surface area contributed by atoms with Gasteiger partial charge in [-0.15, -0.1) is 0 Å². The minimum absolute atomic E-state index is 1.04. The van der Waals surface area contributed by atoms with E-state index in [9.17, 15) is 0 Å². The van der Waals surface area contributed by atoms with Gasteiger partial charge in [0.15, 0.2) is 0 Å². The van der Waals surface area contributed by atoms with Crippen LogP contribution in [0.25, 0.3) is 0 Å². The van der Waals surface area contributed by atoms with Crippen molar-refractivity contribution in [2.45, 2.75) is 46.8 Å². The molecule has 0 saturated carbocycles. The van der Waals surface area contributed by atoms with E-state index < -0.39 is 34.0 Å². The molecule has 13 heavy (non-hydrogen) atoms. The summed E-state index contributed by atoms with van der Waals surface area (Å²) in [5, 5.41) is 0. The summed E-state index contributed by atoms with van der Waals surface area (Å²) in [6, 6.07) is 0. The quantitative estimate of drug-likeness (QED) is 0.543. The molecule has 0 aromatic rings. The van der Waals surface area contributed by atoms with Crippen LogP contribution in [0.2, 0.25) is 46.8 Å². The fraction of sp³-hybridized carbons (Fsp3) is 1.00. The molecular formula is C8H22BiCl2Si2-. The van der Waals surface area contributed by atoms with E-state index in [0.717, 1.165) is 0 Å². The van der Waals surface area contributed by atoms with Crippen LogP contribution in [-0.4, -0.2) is 34.0 Å². The van der Waals surface area contributed by atoms with Crippen molar-refractivity contribution in [1.29, 1.82) is 0 Å². The molecule has 0 unspecified atom stereocenters. The van der Waals surface area contributed by atoms with Crippen molar-refractivity contribution < 1.29 is 0 Å². The van der Waals surface area contributed by atoms with Crippen molar-refractivity contribution in [2.24, 2.45) is 0 Å². The van der Waals surface area contributed by atoms with Gasteiger partial charge >= 0.3 is 97.8 Å². The van der Waals surface area contributed by atoms with Crippen molar-refractivity contribution in [2.75, 3.05) is 0 Å². The number of hydrogen-bond donors (Lipinski definition) is 0. The first-order valence-corrected chi connectivity index (χ1v) is 25.6. The van der Waals surface area contributed by atoms with Gasteiger partial charge in [-0.3, -0.25) is 0 Å². The van der Waals surface area contributed by atoms with Crippen LogP contribution in [0.1, 0.15) is 0 Å². The number of hydrogen-bond acceptors (Lipinski definition) is 0. The molecule has 0 rings (SSSR count). The van der Waals surface area contributed by atoms with E-state index in [4.69, 9.17) is 17.0 Å². The van der Waals surface area contributed by atoms with Gasteiger partial charge in [-0.2, -0.15) is 0 Å². The Morgan fingerprint density at radius 3 is 1.15 bits per heavy atom. The van der Waals surface area contributed by atoms with Crippen LogP contribution in [0.15, 0.2) is 0 Å².